The molecule has 0 bridgehead atoms. The van der Waals surface area contributed by atoms with Crippen LogP contribution in [-0.4, -0.2) is 23.1 Å². The molecule has 0 spiro atoms. The topological polar surface area (TPSA) is 73.1 Å². The van der Waals surface area contributed by atoms with Gasteiger partial charge < -0.3 is 15.8 Å². The Kier molecular flexibility index (Phi) is 4.53. The lowest BCUT2D eigenvalue weighted by atomic mass is 9.89. The fourth-order valence-corrected chi connectivity index (χ4v) is 2.98. The molecule has 3 N–H and O–H groups in total. The Morgan fingerprint density at radius 3 is 2.86 bits per heavy atom. The highest BCUT2D eigenvalue weighted by atomic mass is 16.5. The summed E-state index contributed by atoms with van der Waals surface area (Å²) in [4.78, 5) is 8.32. The first kappa shape index (κ1) is 14.8. The zero-order valence-electron chi connectivity index (χ0n) is 12.8. The van der Waals surface area contributed by atoms with Gasteiger partial charge in [0.1, 0.15) is 5.82 Å². The van der Waals surface area contributed by atoms with Crippen LogP contribution in [-0.2, 0) is 4.74 Å². The molecule has 116 valence electrons. The van der Waals surface area contributed by atoms with Crippen molar-refractivity contribution in [1.82, 2.24) is 9.97 Å². The van der Waals surface area contributed by atoms with Crippen molar-refractivity contribution in [3.8, 4) is 0 Å². The van der Waals surface area contributed by atoms with Crippen molar-refractivity contribution in [3.05, 3.63) is 47.7 Å². The minimum absolute atomic E-state index is 0.141. The Morgan fingerprint density at radius 2 is 2.09 bits per heavy atom. The number of nitrogens with zero attached hydrogens (tertiary/aromatic N) is 2. The molecular formula is C17H22N4O. The van der Waals surface area contributed by atoms with Crippen molar-refractivity contribution in [2.75, 3.05) is 24.2 Å². The minimum atomic E-state index is 0.141. The summed E-state index contributed by atoms with van der Waals surface area (Å²) >= 11 is 0. The molecule has 1 saturated heterocycles. The maximum absolute atomic E-state index is 6.02. The lowest BCUT2D eigenvalue weighted by Crippen LogP contribution is -2.28. The van der Waals surface area contributed by atoms with Gasteiger partial charge in [-0.2, -0.15) is 4.98 Å². The number of nitrogen functional groups attached to an aromatic ring is 1. The van der Waals surface area contributed by atoms with Gasteiger partial charge >= 0.3 is 0 Å². The van der Waals surface area contributed by atoms with Crippen LogP contribution in [0, 0.1) is 12.8 Å². The van der Waals surface area contributed by atoms with Crippen molar-refractivity contribution in [1.29, 1.82) is 0 Å². The molecule has 1 aromatic carbocycles. The maximum atomic E-state index is 6.02. The van der Waals surface area contributed by atoms with Gasteiger partial charge in [-0.1, -0.05) is 30.3 Å². The van der Waals surface area contributed by atoms with Crippen LogP contribution in [0.2, 0.25) is 0 Å². The number of aryl methyl sites for hydroxylation is 1. The molecule has 1 aromatic heterocycles. The van der Waals surface area contributed by atoms with Crippen molar-refractivity contribution >= 4 is 11.8 Å². The van der Waals surface area contributed by atoms with Crippen molar-refractivity contribution in [2.45, 2.75) is 25.9 Å². The normalized spacial score (nSPS) is 21.5. The number of aromatic nitrogens is 2. The first-order valence-corrected chi connectivity index (χ1v) is 7.74. The van der Waals surface area contributed by atoms with Crippen LogP contribution in [0.4, 0.5) is 11.8 Å². The molecule has 1 aliphatic heterocycles. The maximum Gasteiger partial charge on any atom is 0.222 e. The molecule has 5 nitrogen and oxygen atoms in total. The van der Waals surface area contributed by atoms with E-state index in [1.807, 2.05) is 19.1 Å². The zero-order valence-corrected chi connectivity index (χ0v) is 12.8. The van der Waals surface area contributed by atoms with Gasteiger partial charge in [-0.3, -0.25) is 0 Å². The van der Waals surface area contributed by atoms with E-state index < -0.39 is 0 Å². The van der Waals surface area contributed by atoms with Crippen LogP contribution < -0.4 is 11.1 Å². The molecule has 0 amide bonds. The highest BCUT2D eigenvalue weighted by molar-refractivity contribution is 5.40. The van der Waals surface area contributed by atoms with Crippen LogP contribution in [0.5, 0.6) is 0 Å². The standard InChI is InChI=1S/C17H22N4O/c1-12-10-15(21-17(18)20-12)19-11-14-8-5-9-22-16(14)13-6-3-2-4-7-13/h2-4,6-7,10,14,16H,5,8-9,11H2,1H3,(H3,18,19,20,21)/t14-,16-/m0/s1. The number of anilines is 2. The summed E-state index contributed by atoms with van der Waals surface area (Å²) in [5, 5.41) is 3.38. The van der Waals surface area contributed by atoms with E-state index in [2.05, 4.69) is 39.6 Å². The van der Waals surface area contributed by atoms with Gasteiger partial charge in [-0.25, -0.2) is 4.98 Å². The lowest BCUT2D eigenvalue weighted by Gasteiger charge is -2.32. The predicted molar refractivity (Wildman–Crippen MR) is 87.5 cm³/mol. The summed E-state index contributed by atoms with van der Waals surface area (Å²) in [6.07, 6.45) is 2.38. The number of benzene rings is 1. The van der Waals surface area contributed by atoms with Crippen molar-refractivity contribution in [2.24, 2.45) is 5.92 Å². The molecule has 2 aromatic rings. The summed E-state index contributed by atoms with van der Waals surface area (Å²) in [5.41, 5.74) is 7.81. The highest BCUT2D eigenvalue weighted by Crippen LogP contribution is 2.33. The molecule has 1 fully saturated rings. The number of ether oxygens (including phenoxy) is 1. The third-order valence-corrected chi connectivity index (χ3v) is 3.99. The predicted octanol–water partition coefficient (Wildman–Crippen LogP) is 2.95. The monoisotopic (exact) mass is 298 g/mol. The molecule has 0 unspecified atom stereocenters. The van der Waals surface area contributed by atoms with Crippen LogP contribution in [0.25, 0.3) is 0 Å². The Morgan fingerprint density at radius 1 is 1.27 bits per heavy atom. The number of rotatable bonds is 4. The number of nitrogens with one attached hydrogen (secondary N) is 1. The Labute approximate surface area is 130 Å². The second-order valence-electron chi connectivity index (χ2n) is 5.74. The third kappa shape index (κ3) is 3.54. The minimum Gasteiger partial charge on any atom is -0.373 e. The number of hydrogen-bond donors (Lipinski definition) is 2. The van der Waals surface area contributed by atoms with Gasteiger partial charge in [-0.15, -0.1) is 0 Å². The van der Waals surface area contributed by atoms with Crippen LogP contribution in [0.1, 0.15) is 30.2 Å². The molecule has 2 atom stereocenters. The fourth-order valence-electron chi connectivity index (χ4n) is 2.98. The molecule has 22 heavy (non-hydrogen) atoms. The summed E-state index contributed by atoms with van der Waals surface area (Å²) in [6.45, 7) is 3.56. The molecule has 2 heterocycles. The van der Waals surface area contributed by atoms with E-state index in [-0.39, 0.29) is 6.10 Å². The van der Waals surface area contributed by atoms with Gasteiger partial charge in [0.2, 0.25) is 5.95 Å². The summed E-state index contributed by atoms with van der Waals surface area (Å²) in [5.74, 6) is 1.51. The van der Waals surface area contributed by atoms with E-state index in [1.165, 1.54) is 5.56 Å². The average Bonchev–Trinajstić information content (AvgIpc) is 2.53. The van der Waals surface area contributed by atoms with Gasteiger partial charge in [0.15, 0.2) is 0 Å². The van der Waals surface area contributed by atoms with Crippen molar-refractivity contribution in [3.63, 3.8) is 0 Å². The van der Waals surface area contributed by atoms with E-state index >= 15 is 0 Å². The zero-order chi connectivity index (χ0) is 15.4. The third-order valence-electron chi connectivity index (χ3n) is 3.99. The van der Waals surface area contributed by atoms with Crippen LogP contribution >= 0.6 is 0 Å². The first-order valence-electron chi connectivity index (χ1n) is 7.74. The van der Waals surface area contributed by atoms with E-state index in [4.69, 9.17) is 10.5 Å². The second-order valence-corrected chi connectivity index (χ2v) is 5.74. The van der Waals surface area contributed by atoms with E-state index in [9.17, 15) is 0 Å². The Bertz CT molecular complexity index is 597. The first-order chi connectivity index (χ1) is 10.7. The second kappa shape index (κ2) is 6.75. The molecular weight excluding hydrogens is 276 g/mol. The molecule has 3 rings (SSSR count). The SMILES string of the molecule is Cc1cc(NC[C@@H]2CCCO[C@H]2c2ccccc2)nc(N)n1. The van der Waals surface area contributed by atoms with E-state index in [1.54, 1.807) is 0 Å². The smallest absolute Gasteiger partial charge is 0.222 e. The number of nitrogens with two attached hydrogens (primary N) is 1. The Hall–Kier alpha value is -2.14. The van der Waals surface area contributed by atoms with Crippen LogP contribution in [0.3, 0.4) is 0 Å². The lowest BCUT2D eigenvalue weighted by molar-refractivity contribution is -0.0238. The van der Waals surface area contributed by atoms with Gasteiger partial charge in [0.25, 0.3) is 0 Å². The largest absolute Gasteiger partial charge is 0.373 e. The van der Waals surface area contributed by atoms with Gasteiger partial charge in [0.05, 0.1) is 6.10 Å². The highest BCUT2D eigenvalue weighted by Gasteiger charge is 2.27. The van der Waals surface area contributed by atoms with Gasteiger partial charge in [-0.05, 0) is 25.3 Å². The van der Waals surface area contributed by atoms with E-state index in [0.717, 1.165) is 37.5 Å². The summed E-state index contributed by atoms with van der Waals surface area (Å²) in [6, 6.07) is 12.3. The van der Waals surface area contributed by atoms with Crippen molar-refractivity contribution < 1.29 is 4.74 Å². The average molecular weight is 298 g/mol. The summed E-state index contributed by atoms with van der Waals surface area (Å²) < 4.78 is 6.02. The van der Waals surface area contributed by atoms with Crippen LogP contribution in [0.15, 0.2) is 36.4 Å². The quantitative estimate of drug-likeness (QED) is 0.908. The molecule has 0 saturated carbocycles. The number of hydrogen-bond acceptors (Lipinski definition) is 5. The molecule has 0 radical (unpaired) electrons. The summed E-state index contributed by atoms with van der Waals surface area (Å²) in [7, 11) is 0. The van der Waals surface area contributed by atoms with E-state index in [0.29, 0.717) is 11.9 Å². The fraction of sp³-hybridized carbons (Fsp3) is 0.412. The molecule has 0 aliphatic carbocycles. The Balaban J connectivity index is 1.69. The van der Waals surface area contributed by atoms with Gasteiger partial charge in [0, 0.05) is 30.8 Å². The molecule has 1 aliphatic rings. The molecule has 5 heteroatoms.